The lowest BCUT2D eigenvalue weighted by atomic mass is 10.1. The number of para-hydroxylation sites is 1. The molecule has 2 aromatic carbocycles. The molecule has 0 aliphatic heterocycles. The normalized spacial score (nSPS) is 10.8. The molecule has 0 aromatic heterocycles. The quantitative estimate of drug-likeness (QED) is 0.378. The van der Waals surface area contributed by atoms with Crippen molar-refractivity contribution in [3.8, 4) is 11.8 Å². The zero-order chi connectivity index (χ0) is 18.6. The number of nitrogens with zero attached hydrogens (tertiary/aromatic N) is 2. The van der Waals surface area contributed by atoms with Crippen molar-refractivity contribution >= 4 is 46.6 Å². The van der Waals surface area contributed by atoms with E-state index in [0.29, 0.717) is 0 Å². The van der Waals surface area contributed by atoms with Crippen molar-refractivity contribution in [2.75, 3.05) is 5.32 Å². The first-order chi connectivity index (χ1) is 11.8. The van der Waals surface area contributed by atoms with Crippen LogP contribution in [0.1, 0.15) is 5.56 Å². The third-order valence-electron chi connectivity index (χ3n) is 3.06. The third-order valence-corrected chi connectivity index (χ3v) is 3.69. The summed E-state index contributed by atoms with van der Waals surface area (Å²) in [6.07, 6.45) is 1.12. The van der Waals surface area contributed by atoms with Crippen molar-refractivity contribution in [3.63, 3.8) is 0 Å². The van der Waals surface area contributed by atoms with Crippen LogP contribution < -0.4 is 10.4 Å². The summed E-state index contributed by atoms with van der Waals surface area (Å²) in [5.74, 6) is -1.57. The number of halogens is 2. The number of anilines is 1. The monoisotopic (exact) mass is 376 g/mol. The fraction of sp³-hybridized carbons (Fsp3) is 0. The lowest BCUT2D eigenvalue weighted by molar-refractivity contribution is -0.398. The van der Waals surface area contributed by atoms with Crippen molar-refractivity contribution < 1.29 is 14.8 Å². The van der Waals surface area contributed by atoms with Crippen LogP contribution in [0.2, 0.25) is 10.0 Å². The Balaban J connectivity index is 2.35. The van der Waals surface area contributed by atoms with Gasteiger partial charge in [-0.05, 0) is 29.5 Å². The summed E-state index contributed by atoms with van der Waals surface area (Å²) in [5.41, 5.74) is -0.703. The molecule has 2 aromatic rings. The van der Waals surface area contributed by atoms with E-state index in [1.165, 1.54) is 18.2 Å². The molecule has 0 spiro atoms. The summed E-state index contributed by atoms with van der Waals surface area (Å²) >= 11 is 11.9. The van der Waals surface area contributed by atoms with Gasteiger partial charge in [-0.25, -0.2) is 0 Å². The maximum atomic E-state index is 12.2. The zero-order valence-electron chi connectivity index (χ0n) is 12.3. The molecule has 7 nitrogen and oxygen atoms in total. The molecule has 0 aliphatic rings. The number of carbonyl (C=O) groups is 1. The molecule has 0 unspecified atom stereocenters. The molecule has 0 bridgehead atoms. The molecular weight excluding hydrogens is 369 g/mol. The second kappa shape index (κ2) is 7.66. The molecule has 0 aliphatic carbocycles. The predicted octanol–water partition coefficient (Wildman–Crippen LogP) is 3.52. The minimum atomic E-state index is -0.838. The van der Waals surface area contributed by atoms with E-state index in [9.17, 15) is 20.0 Å². The minimum Gasteiger partial charge on any atom is -0.868 e. The standard InChI is InChI=1S/C16H9Cl2N3O4/c17-11-2-1-3-12(18)15(11)20-16(23)10(8-19)6-9-4-5-14(22)13(7-9)21(24)25/h1-7,22H,(H,20,23)/p-1/b10-6+. The second-order valence-corrected chi connectivity index (χ2v) is 5.52. The molecule has 0 atom stereocenters. The Labute approximate surface area is 151 Å². The number of amides is 1. The fourth-order valence-corrected chi connectivity index (χ4v) is 2.37. The van der Waals surface area contributed by atoms with E-state index in [1.807, 2.05) is 0 Å². The number of hydrogen-bond donors (Lipinski definition) is 1. The molecular formula is C16H8Cl2N3O4-. The Bertz CT molecular complexity index is 915. The Kier molecular flexibility index (Phi) is 5.60. The van der Waals surface area contributed by atoms with E-state index < -0.39 is 22.3 Å². The first-order valence-corrected chi connectivity index (χ1v) is 7.41. The number of rotatable bonds is 4. The van der Waals surface area contributed by atoms with Gasteiger partial charge in [0.2, 0.25) is 0 Å². The Morgan fingerprint density at radius 2 is 1.88 bits per heavy atom. The van der Waals surface area contributed by atoms with E-state index in [-0.39, 0.29) is 26.9 Å². The van der Waals surface area contributed by atoms with Gasteiger partial charge >= 0.3 is 0 Å². The van der Waals surface area contributed by atoms with E-state index in [2.05, 4.69) is 5.32 Å². The van der Waals surface area contributed by atoms with Gasteiger partial charge in [0.05, 0.1) is 20.7 Å². The number of nitro benzene ring substituents is 1. The number of nitro groups is 1. The van der Waals surface area contributed by atoms with Crippen molar-refractivity contribution in [1.82, 2.24) is 0 Å². The summed E-state index contributed by atoms with van der Waals surface area (Å²) in [7, 11) is 0. The van der Waals surface area contributed by atoms with Gasteiger partial charge < -0.3 is 10.4 Å². The molecule has 2 rings (SSSR count). The van der Waals surface area contributed by atoms with Crippen LogP contribution in [-0.4, -0.2) is 10.8 Å². The van der Waals surface area contributed by atoms with Crippen LogP contribution in [0.25, 0.3) is 6.08 Å². The van der Waals surface area contributed by atoms with Crippen molar-refractivity contribution in [1.29, 1.82) is 5.26 Å². The molecule has 1 N–H and O–H groups in total. The first-order valence-electron chi connectivity index (χ1n) is 6.66. The summed E-state index contributed by atoms with van der Waals surface area (Å²) in [5, 5.41) is 34.1. The van der Waals surface area contributed by atoms with E-state index in [0.717, 1.165) is 18.2 Å². The molecule has 9 heteroatoms. The Morgan fingerprint density at radius 3 is 2.44 bits per heavy atom. The van der Waals surface area contributed by atoms with Crippen LogP contribution in [-0.2, 0) is 4.79 Å². The summed E-state index contributed by atoms with van der Waals surface area (Å²) < 4.78 is 0. The SMILES string of the molecule is N#C/C(=C\c1ccc([O-])c([N+](=O)[O-])c1)C(=O)Nc1c(Cl)cccc1Cl. The van der Waals surface area contributed by atoms with Crippen LogP contribution in [0.4, 0.5) is 11.4 Å². The van der Waals surface area contributed by atoms with Crippen LogP contribution in [0, 0.1) is 21.4 Å². The van der Waals surface area contributed by atoms with Gasteiger partial charge in [0.1, 0.15) is 11.6 Å². The highest BCUT2D eigenvalue weighted by atomic mass is 35.5. The smallest absolute Gasteiger partial charge is 0.266 e. The van der Waals surface area contributed by atoms with Crippen molar-refractivity contribution in [2.45, 2.75) is 0 Å². The van der Waals surface area contributed by atoms with E-state index in [4.69, 9.17) is 28.5 Å². The van der Waals surface area contributed by atoms with Crippen molar-refractivity contribution in [2.24, 2.45) is 0 Å². The second-order valence-electron chi connectivity index (χ2n) is 4.70. The van der Waals surface area contributed by atoms with Gasteiger partial charge in [0.25, 0.3) is 11.6 Å². The maximum Gasteiger partial charge on any atom is 0.266 e. The fourth-order valence-electron chi connectivity index (χ4n) is 1.88. The lowest BCUT2D eigenvalue weighted by Gasteiger charge is -2.09. The molecule has 0 radical (unpaired) electrons. The van der Waals surface area contributed by atoms with Crippen LogP contribution in [0.15, 0.2) is 42.0 Å². The van der Waals surface area contributed by atoms with E-state index in [1.54, 1.807) is 12.1 Å². The van der Waals surface area contributed by atoms with Gasteiger partial charge in [0.15, 0.2) is 0 Å². The average Bonchev–Trinajstić information content (AvgIpc) is 2.57. The Hall–Kier alpha value is -3.08. The number of nitrogens with one attached hydrogen (secondary N) is 1. The highest BCUT2D eigenvalue weighted by Crippen LogP contribution is 2.30. The molecule has 0 saturated heterocycles. The zero-order valence-corrected chi connectivity index (χ0v) is 13.8. The molecule has 126 valence electrons. The number of carbonyl (C=O) groups excluding carboxylic acids is 1. The molecule has 1 amide bonds. The number of benzene rings is 2. The van der Waals surface area contributed by atoms with E-state index >= 15 is 0 Å². The Morgan fingerprint density at radius 1 is 1.24 bits per heavy atom. The van der Waals surface area contributed by atoms with Crippen LogP contribution in [0.5, 0.6) is 5.75 Å². The van der Waals surface area contributed by atoms with Gasteiger partial charge in [-0.15, -0.1) is 0 Å². The molecule has 25 heavy (non-hydrogen) atoms. The number of nitriles is 1. The lowest BCUT2D eigenvalue weighted by Crippen LogP contribution is -2.14. The highest BCUT2D eigenvalue weighted by Gasteiger charge is 2.15. The summed E-state index contributed by atoms with van der Waals surface area (Å²) in [6.45, 7) is 0. The highest BCUT2D eigenvalue weighted by molar-refractivity contribution is 6.40. The number of hydrogen-bond acceptors (Lipinski definition) is 5. The largest absolute Gasteiger partial charge is 0.868 e. The topological polar surface area (TPSA) is 119 Å². The summed E-state index contributed by atoms with van der Waals surface area (Å²) in [6, 6.07) is 9.53. The molecule has 0 saturated carbocycles. The van der Waals surface area contributed by atoms with Crippen molar-refractivity contribution in [3.05, 3.63) is 67.7 Å². The maximum absolute atomic E-state index is 12.2. The average molecular weight is 377 g/mol. The minimum absolute atomic E-state index is 0.137. The van der Waals surface area contributed by atoms with Gasteiger partial charge in [-0.2, -0.15) is 5.26 Å². The van der Waals surface area contributed by atoms with Gasteiger partial charge in [-0.1, -0.05) is 41.4 Å². The predicted molar refractivity (Wildman–Crippen MR) is 91.2 cm³/mol. The molecule has 0 fully saturated rings. The first kappa shape index (κ1) is 18.3. The molecule has 0 heterocycles. The third kappa shape index (κ3) is 4.26. The van der Waals surface area contributed by atoms with Crippen LogP contribution in [0.3, 0.4) is 0 Å². The van der Waals surface area contributed by atoms with Gasteiger partial charge in [0, 0.05) is 6.07 Å². The van der Waals surface area contributed by atoms with Crippen LogP contribution >= 0.6 is 23.2 Å². The summed E-state index contributed by atoms with van der Waals surface area (Å²) in [4.78, 5) is 22.2. The van der Waals surface area contributed by atoms with Gasteiger partial charge in [-0.3, -0.25) is 14.9 Å².